The molecule has 0 bridgehead atoms. The van der Waals surface area contributed by atoms with E-state index in [1.54, 1.807) is 18.2 Å². The van der Waals surface area contributed by atoms with Gasteiger partial charge in [-0.25, -0.2) is 14.3 Å². The van der Waals surface area contributed by atoms with E-state index in [1.807, 2.05) is 16.3 Å². The summed E-state index contributed by atoms with van der Waals surface area (Å²) >= 11 is 0. The Hall–Kier alpha value is -1.86. The molecule has 4 rings (SSSR count). The summed E-state index contributed by atoms with van der Waals surface area (Å²) in [6, 6.07) is 6.62. The van der Waals surface area contributed by atoms with Gasteiger partial charge in [0.05, 0.1) is 11.0 Å². The summed E-state index contributed by atoms with van der Waals surface area (Å²) in [5.41, 5.74) is 1.04. The van der Waals surface area contributed by atoms with E-state index in [2.05, 4.69) is 4.98 Å². The molecular formula is C15H17N4O4P. The molecule has 24 heavy (non-hydrogen) atoms. The summed E-state index contributed by atoms with van der Waals surface area (Å²) in [5, 5.41) is 11.9. The van der Waals surface area contributed by atoms with E-state index in [4.69, 9.17) is 4.52 Å². The van der Waals surface area contributed by atoms with Crippen LogP contribution in [-0.2, 0) is 9.09 Å². The van der Waals surface area contributed by atoms with Crippen LogP contribution < -0.4 is 0 Å². The first-order valence-corrected chi connectivity index (χ1v) is 9.35. The maximum atomic E-state index is 13.1. The van der Waals surface area contributed by atoms with Crippen LogP contribution in [0.15, 0.2) is 30.5 Å². The Kier molecular flexibility index (Phi) is 3.65. The second kappa shape index (κ2) is 5.60. The predicted octanol–water partition coefficient (Wildman–Crippen LogP) is 2.96. The highest BCUT2D eigenvalue weighted by Crippen LogP contribution is 2.63. The predicted molar refractivity (Wildman–Crippen MR) is 88.6 cm³/mol. The van der Waals surface area contributed by atoms with E-state index in [-0.39, 0.29) is 5.69 Å². The Labute approximate surface area is 138 Å². The van der Waals surface area contributed by atoms with Crippen molar-refractivity contribution in [1.29, 1.82) is 0 Å². The molecular weight excluding hydrogens is 331 g/mol. The number of fused-ring (bicyclic) bond motifs is 1. The lowest BCUT2D eigenvalue weighted by Gasteiger charge is -2.24. The number of nitro benzene ring substituents is 1. The Morgan fingerprint density at radius 3 is 2.50 bits per heavy atom. The average Bonchev–Trinajstić information content (AvgIpc) is 3.44. The van der Waals surface area contributed by atoms with Crippen molar-refractivity contribution < 1.29 is 14.0 Å². The fourth-order valence-corrected chi connectivity index (χ4v) is 5.19. The van der Waals surface area contributed by atoms with Crippen molar-refractivity contribution in [2.45, 2.75) is 13.0 Å². The van der Waals surface area contributed by atoms with Crippen LogP contribution in [0.2, 0.25) is 0 Å². The van der Waals surface area contributed by atoms with Gasteiger partial charge in [0, 0.05) is 43.8 Å². The second-order valence-electron chi connectivity index (χ2n) is 5.98. The van der Waals surface area contributed by atoms with Crippen LogP contribution in [0.4, 0.5) is 5.69 Å². The molecule has 1 aromatic carbocycles. The van der Waals surface area contributed by atoms with Gasteiger partial charge in [-0.15, -0.1) is 0 Å². The molecule has 0 amide bonds. The van der Waals surface area contributed by atoms with Gasteiger partial charge in [-0.3, -0.25) is 19.2 Å². The van der Waals surface area contributed by atoms with E-state index in [9.17, 15) is 14.7 Å². The molecule has 2 aliphatic heterocycles. The lowest BCUT2D eigenvalue weighted by Crippen LogP contribution is -2.11. The summed E-state index contributed by atoms with van der Waals surface area (Å²) in [5.74, 6) is 0. The molecule has 8 nitrogen and oxygen atoms in total. The summed E-state index contributed by atoms with van der Waals surface area (Å²) in [6.45, 7) is 4.95. The summed E-state index contributed by atoms with van der Waals surface area (Å²) in [4.78, 5) is 14.9. The molecule has 1 unspecified atom stereocenters. The monoisotopic (exact) mass is 348 g/mol. The van der Waals surface area contributed by atoms with Gasteiger partial charge < -0.3 is 0 Å². The molecule has 126 valence electrons. The van der Waals surface area contributed by atoms with Crippen molar-refractivity contribution in [2.75, 3.05) is 26.2 Å². The first-order chi connectivity index (χ1) is 11.5. The van der Waals surface area contributed by atoms with Crippen molar-refractivity contribution >= 4 is 24.3 Å². The maximum absolute atomic E-state index is 13.1. The highest BCUT2D eigenvalue weighted by Gasteiger charge is 2.50. The van der Waals surface area contributed by atoms with Crippen molar-refractivity contribution in [3.8, 4) is 0 Å². The van der Waals surface area contributed by atoms with E-state index in [1.165, 1.54) is 12.3 Å². The minimum atomic E-state index is -2.96. The van der Waals surface area contributed by atoms with E-state index in [0.29, 0.717) is 10.9 Å². The normalized spacial score (nSPS) is 19.4. The van der Waals surface area contributed by atoms with Crippen molar-refractivity contribution in [2.24, 2.45) is 0 Å². The van der Waals surface area contributed by atoms with Crippen LogP contribution >= 0.6 is 7.67 Å². The highest BCUT2D eigenvalue weighted by atomic mass is 31.2. The zero-order chi connectivity index (χ0) is 16.9. The van der Waals surface area contributed by atoms with Gasteiger partial charge in [0.2, 0.25) is 0 Å². The molecule has 2 fully saturated rings. The first-order valence-electron chi connectivity index (χ1n) is 7.82. The molecule has 0 aliphatic carbocycles. The Morgan fingerprint density at radius 2 is 1.92 bits per heavy atom. The Balaban J connectivity index is 1.72. The number of aromatic nitrogens is 1. The van der Waals surface area contributed by atoms with Gasteiger partial charge in [0.25, 0.3) is 5.69 Å². The second-order valence-corrected chi connectivity index (χ2v) is 8.30. The van der Waals surface area contributed by atoms with Crippen LogP contribution in [0.1, 0.15) is 18.6 Å². The zero-order valence-electron chi connectivity index (χ0n) is 13.2. The number of nitrogens with zero attached hydrogens (tertiary/aromatic N) is 4. The molecule has 1 atom stereocenters. The molecule has 3 heterocycles. The minimum absolute atomic E-state index is 0.0402. The number of hydrogen-bond donors (Lipinski definition) is 0. The van der Waals surface area contributed by atoms with Gasteiger partial charge in [0.1, 0.15) is 5.52 Å². The van der Waals surface area contributed by atoms with Gasteiger partial charge in [0.15, 0.2) is 0 Å². The number of rotatable bonds is 6. The Bertz CT molecular complexity index is 850. The number of hydrogen-bond acceptors (Lipinski definition) is 5. The van der Waals surface area contributed by atoms with Crippen molar-refractivity contribution in [1.82, 2.24) is 14.3 Å². The van der Waals surface area contributed by atoms with E-state index >= 15 is 0 Å². The third kappa shape index (κ3) is 2.61. The Morgan fingerprint density at radius 1 is 1.25 bits per heavy atom. The smallest absolute Gasteiger partial charge is 0.298 e. The molecule has 2 aromatic rings. The van der Waals surface area contributed by atoms with E-state index in [0.717, 1.165) is 31.7 Å². The van der Waals surface area contributed by atoms with Crippen LogP contribution in [0, 0.1) is 10.1 Å². The van der Waals surface area contributed by atoms with Gasteiger partial charge >= 0.3 is 7.67 Å². The largest absolute Gasteiger partial charge is 0.346 e. The summed E-state index contributed by atoms with van der Waals surface area (Å²) in [7, 11) is -2.96. The third-order valence-electron chi connectivity index (χ3n) is 4.27. The molecule has 0 spiro atoms. The number of pyridine rings is 1. The molecule has 0 N–H and O–H groups in total. The fourth-order valence-electron chi connectivity index (χ4n) is 2.85. The van der Waals surface area contributed by atoms with Crippen LogP contribution in [-0.4, -0.2) is 45.4 Å². The fraction of sp³-hybridized carbons (Fsp3) is 0.400. The third-order valence-corrected chi connectivity index (χ3v) is 7.09. The molecule has 0 radical (unpaired) electrons. The van der Waals surface area contributed by atoms with Gasteiger partial charge in [-0.2, -0.15) is 0 Å². The van der Waals surface area contributed by atoms with Crippen molar-refractivity contribution in [3.05, 3.63) is 46.1 Å². The number of nitro groups is 1. The maximum Gasteiger partial charge on any atom is 0.346 e. The summed E-state index contributed by atoms with van der Waals surface area (Å²) < 4.78 is 22.8. The number of benzene rings is 1. The highest BCUT2D eigenvalue weighted by molar-refractivity contribution is 7.54. The zero-order valence-corrected chi connectivity index (χ0v) is 14.1. The standard InChI is InChI=1S/C15H17N4O4P/c1-11(23-24(22,17-7-8-17)18-9-10-18)12-4-5-14(19(20)21)15-13(12)3-2-6-16-15/h2-6,11H,7-10H2,1H3. The molecule has 0 saturated carbocycles. The average molecular weight is 348 g/mol. The SMILES string of the molecule is CC(OP(=O)(N1CC1)N1CC1)c1ccc([N+](=O)[O-])c2ncccc12. The molecule has 9 heteroatoms. The van der Waals surface area contributed by atoms with Crippen molar-refractivity contribution in [3.63, 3.8) is 0 Å². The number of non-ortho nitro benzene ring substituents is 1. The molecule has 2 aliphatic rings. The van der Waals surface area contributed by atoms with E-state index < -0.39 is 18.7 Å². The topological polar surface area (TPSA) is 88.3 Å². The minimum Gasteiger partial charge on any atom is -0.298 e. The van der Waals surface area contributed by atoms with Crippen LogP contribution in [0.3, 0.4) is 0 Å². The summed E-state index contributed by atoms with van der Waals surface area (Å²) in [6.07, 6.45) is 1.07. The van der Waals surface area contributed by atoms with Gasteiger partial charge in [-0.1, -0.05) is 6.07 Å². The molecule has 2 saturated heterocycles. The quantitative estimate of drug-likeness (QED) is 0.343. The van der Waals surface area contributed by atoms with Crippen LogP contribution in [0.5, 0.6) is 0 Å². The van der Waals surface area contributed by atoms with Gasteiger partial charge in [-0.05, 0) is 24.6 Å². The first kappa shape index (κ1) is 15.7. The lowest BCUT2D eigenvalue weighted by molar-refractivity contribution is -0.383. The van der Waals surface area contributed by atoms with Crippen LogP contribution in [0.25, 0.3) is 10.9 Å². The lowest BCUT2D eigenvalue weighted by atomic mass is 10.0. The molecule has 1 aromatic heterocycles.